The summed E-state index contributed by atoms with van der Waals surface area (Å²) in [6.45, 7) is 4.44. The van der Waals surface area contributed by atoms with Crippen molar-refractivity contribution in [2.24, 2.45) is 0 Å². The first-order valence-corrected chi connectivity index (χ1v) is 6.84. The van der Waals surface area contributed by atoms with Gasteiger partial charge in [-0.15, -0.1) is 11.3 Å². The van der Waals surface area contributed by atoms with Crippen LogP contribution in [-0.2, 0) is 13.0 Å². The summed E-state index contributed by atoms with van der Waals surface area (Å²) in [5.41, 5.74) is 1.56. The maximum Gasteiger partial charge on any atom is 0.274 e. The number of aromatic nitrogens is 1. The van der Waals surface area contributed by atoms with E-state index in [1.54, 1.807) is 30.4 Å². The van der Waals surface area contributed by atoms with Crippen LogP contribution in [0.4, 0.5) is 11.4 Å². The van der Waals surface area contributed by atoms with Gasteiger partial charge in [0.2, 0.25) is 0 Å². The van der Waals surface area contributed by atoms with Gasteiger partial charge in [-0.25, -0.2) is 4.98 Å². The molecule has 100 valence electrons. The number of aryl methyl sites for hydroxylation is 2. The van der Waals surface area contributed by atoms with E-state index in [0.717, 1.165) is 22.0 Å². The third kappa shape index (κ3) is 3.29. The Morgan fingerprint density at radius 1 is 1.47 bits per heavy atom. The minimum Gasteiger partial charge on any atom is -0.380 e. The minimum absolute atomic E-state index is 0.142. The largest absolute Gasteiger partial charge is 0.380 e. The summed E-state index contributed by atoms with van der Waals surface area (Å²) in [4.78, 5) is 15.9. The van der Waals surface area contributed by atoms with Crippen molar-refractivity contribution in [1.82, 2.24) is 4.98 Å². The highest BCUT2D eigenvalue weighted by atomic mass is 32.1. The Hall–Kier alpha value is -1.95. The molecule has 0 aliphatic heterocycles. The maximum absolute atomic E-state index is 10.9. The van der Waals surface area contributed by atoms with Crippen molar-refractivity contribution in [3.05, 3.63) is 50.0 Å². The van der Waals surface area contributed by atoms with Gasteiger partial charge in [-0.2, -0.15) is 0 Å². The standard InChI is InChI=1S/C13H15N3O2S/c1-3-13-15-8-11(19-13)7-14-10-5-4-9(2)12(6-10)16(17)18/h4-6,8,14H,3,7H2,1-2H3. The fraction of sp³-hybridized carbons (Fsp3) is 0.308. The third-order valence-electron chi connectivity index (χ3n) is 2.78. The van der Waals surface area contributed by atoms with Gasteiger partial charge in [-0.1, -0.05) is 13.0 Å². The third-order valence-corrected chi connectivity index (χ3v) is 3.92. The summed E-state index contributed by atoms with van der Waals surface area (Å²) >= 11 is 1.66. The van der Waals surface area contributed by atoms with E-state index in [-0.39, 0.29) is 10.6 Å². The molecular weight excluding hydrogens is 262 g/mol. The van der Waals surface area contributed by atoms with Crippen LogP contribution in [-0.4, -0.2) is 9.91 Å². The van der Waals surface area contributed by atoms with Crippen molar-refractivity contribution in [3.63, 3.8) is 0 Å². The summed E-state index contributed by atoms with van der Waals surface area (Å²) in [5.74, 6) is 0. The van der Waals surface area contributed by atoms with Gasteiger partial charge in [0.25, 0.3) is 5.69 Å². The molecule has 2 aromatic rings. The van der Waals surface area contributed by atoms with E-state index in [1.165, 1.54) is 0 Å². The van der Waals surface area contributed by atoms with E-state index >= 15 is 0 Å². The van der Waals surface area contributed by atoms with Crippen LogP contribution in [0.5, 0.6) is 0 Å². The molecule has 0 amide bonds. The Labute approximate surface area is 115 Å². The minimum atomic E-state index is -0.359. The average molecular weight is 277 g/mol. The number of rotatable bonds is 5. The topological polar surface area (TPSA) is 68.1 Å². The van der Waals surface area contributed by atoms with Crippen molar-refractivity contribution in [1.29, 1.82) is 0 Å². The second-order valence-electron chi connectivity index (χ2n) is 4.19. The fourth-order valence-electron chi connectivity index (χ4n) is 1.70. The number of benzene rings is 1. The SMILES string of the molecule is CCc1ncc(CNc2ccc(C)c([N+](=O)[O-])c2)s1. The molecule has 0 unspecified atom stereocenters. The van der Waals surface area contributed by atoms with Gasteiger partial charge in [0, 0.05) is 28.4 Å². The fourth-order valence-corrected chi connectivity index (χ4v) is 2.50. The van der Waals surface area contributed by atoms with Gasteiger partial charge in [0.05, 0.1) is 16.5 Å². The lowest BCUT2D eigenvalue weighted by atomic mass is 10.2. The molecular formula is C13H15N3O2S. The second-order valence-corrected chi connectivity index (χ2v) is 5.39. The molecule has 19 heavy (non-hydrogen) atoms. The molecule has 0 saturated heterocycles. The number of anilines is 1. The van der Waals surface area contributed by atoms with E-state index in [9.17, 15) is 10.1 Å². The summed E-state index contributed by atoms with van der Waals surface area (Å²) in [7, 11) is 0. The molecule has 2 rings (SSSR count). The highest BCUT2D eigenvalue weighted by Crippen LogP contribution is 2.23. The Morgan fingerprint density at radius 2 is 2.26 bits per heavy atom. The van der Waals surface area contributed by atoms with Gasteiger partial charge in [0.1, 0.15) is 0 Å². The normalized spacial score (nSPS) is 10.4. The zero-order chi connectivity index (χ0) is 13.8. The number of nitrogens with one attached hydrogen (secondary N) is 1. The van der Waals surface area contributed by atoms with Gasteiger partial charge in [-0.3, -0.25) is 10.1 Å². The molecule has 6 heteroatoms. The molecule has 5 nitrogen and oxygen atoms in total. The highest BCUT2D eigenvalue weighted by molar-refractivity contribution is 7.11. The highest BCUT2D eigenvalue weighted by Gasteiger charge is 2.10. The van der Waals surface area contributed by atoms with E-state index in [0.29, 0.717) is 12.1 Å². The number of hydrogen-bond acceptors (Lipinski definition) is 5. The van der Waals surface area contributed by atoms with Crippen molar-refractivity contribution in [2.75, 3.05) is 5.32 Å². The molecule has 1 aromatic heterocycles. The first kappa shape index (κ1) is 13.5. The molecule has 0 radical (unpaired) electrons. The second kappa shape index (κ2) is 5.79. The quantitative estimate of drug-likeness (QED) is 0.670. The predicted molar refractivity (Wildman–Crippen MR) is 76.7 cm³/mol. The average Bonchev–Trinajstić information content (AvgIpc) is 2.85. The van der Waals surface area contributed by atoms with Crippen LogP contribution in [0, 0.1) is 17.0 Å². The molecule has 0 aliphatic carbocycles. The Balaban J connectivity index is 2.07. The van der Waals surface area contributed by atoms with Crippen molar-refractivity contribution in [3.8, 4) is 0 Å². The van der Waals surface area contributed by atoms with Crippen LogP contribution in [0.25, 0.3) is 0 Å². The van der Waals surface area contributed by atoms with Crippen LogP contribution in [0.15, 0.2) is 24.4 Å². The first-order valence-electron chi connectivity index (χ1n) is 6.02. The first-order chi connectivity index (χ1) is 9.10. The van der Waals surface area contributed by atoms with Gasteiger partial charge >= 0.3 is 0 Å². The summed E-state index contributed by atoms with van der Waals surface area (Å²) in [5, 5.41) is 15.2. The number of hydrogen-bond donors (Lipinski definition) is 1. The molecule has 0 bridgehead atoms. The predicted octanol–water partition coefficient (Wildman–Crippen LogP) is 3.53. The molecule has 1 heterocycles. The van der Waals surface area contributed by atoms with Crippen molar-refractivity contribution >= 4 is 22.7 Å². The number of nitro benzene ring substituents is 1. The zero-order valence-electron chi connectivity index (χ0n) is 10.8. The van der Waals surface area contributed by atoms with Crippen LogP contribution in [0.3, 0.4) is 0 Å². The summed E-state index contributed by atoms with van der Waals surface area (Å²) in [6.07, 6.45) is 2.78. The van der Waals surface area contributed by atoms with Crippen LogP contribution >= 0.6 is 11.3 Å². The number of thiazole rings is 1. The molecule has 0 spiro atoms. The monoisotopic (exact) mass is 277 g/mol. The van der Waals surface area contributed by atoms with Crippen LogP contribution in [0.1, 0.15) is 22.4 Å². The smallest absolute Gasteiger partial charge is 0.274 e. The maximum atomic E-state index is 10.9. The van der Waals surface area contributed by atoms with Crippen LogP contribution in [0.2, 0.25) is 0 Å². The molecule has 0 aliphatic rings. The van der Waals surface area contributed by atoms with Gasteiger partial charge < -0.3 is 5.32 Å². The van der Waals surface area contributed by atoms with Crippen molar-refractivity contribution < 1.29 is 4.92 Å². The molecule has 1 aromatic carbocycles. The van der Waals surface area contributed by atoms with Crippen LogP contribution < -0.4 is 5.32 Å². The summed E-state index contributed by atoms with van der Waals surface area (Å²) in [6, 6.07) is 5.17. The van der Waals surface area contributed by atoms with Crippen molar-refractivity contribution in [2.45, 2.75) is 26.8 Å². The Bertz CT molecular complexity index is 595. The van der Waals surface area contributed by atoms with E-state index in [1.807, 2.05) is 12.3 Å². The lowest BCUT2D eigenvalue weighted by Crippen LogP contribution is -1.99. The van der Waals surface area contributed by atoms with Gasteiger partial charge in [-0.05, 0) is 19.4 Å². The molecule has 0 fully saturated rings. The number of nitrogens with zero attached hydrogens (tertiary/aromatic N) is 2. The van der Waals surface area contributed by atoms with E-state index < -0.39 is 0 Å². The molecule has 1 N–H and O–H groups in total. The number of nitro groups is 1. The molecule has 0 atom stereocenters. The molecule has 0 saturated carbocycles. The Kier molecular flexibility index (Phi) is 4.11. The van der Waals surface area contributed by atoms with Gasteiger partial charge in [0.15, 0.2) is 0 Å². The Morgan fingerprint density at radius 3 is 2.89 bits per heavy atom. The summed E-state index contributed by atoms with van der Waals surface area (Å²) < 4.78 is 0. The lowest BCUT2D eigenvalue weighted by Gasteiger charge is -2.05. The zero-order valence-corrected chi connectivity index (χ0v) is 11.7. The lowest BCUT2D eigenvalue weighted by molar-refractivity contribution is -0.385. The van der Waals surface area contributed by atoms with E-state index in [4.69, 9.17) is 0 Å². The van der Waals surface area contributed by atoms with E-state index in [2.05, 4.69) is 17.2 Å².